The summed E-state index contributed by atoms with van der Waals surface area (Å²) >= 11 is 0. The van der Waals surface area contributed by atoms with Crippen LogP contribution in [-0.2, 0) is 14.8 Å². The molecule has 1 aromatic carbocycles. The molecule has 1 amide bonds. The van der Waals surface area contributed by atoms with E-state index in [9.17, 15) is 13.2 Å². The molecule has 0 bridgehead atoms. The van der Waals surface area contributed by atoms with E-state index < -0.39 is 10.0 Å². The Morgan fingerprint density at radius 1 is 1.19 bits per heavy atom. The van der Waals surface area contributed by atoms with Crippen molar-refractivity contribution >= 4 is 15.9 Å². The first-order valence-electron chi connectivity index (χ1n) is 9.33. The van der Waals surface area contributed by atoms with Crippen molar-refractivity contribution in [1.82, 2.24) is 14.9 Å². The van der Waals surface area contributed by atoms with E-state index in [1.165, 1.54) is 24.3 Å². The summed E-state index contributed by atoms with van der Waals surface area (Å²) in [4.78, 5) is 15.0. The van der Waals surface area contributed by atoms with Crippen molar-refractivity contribution in [2.24, 2.45) is 0 Å². The Morgan fingerprint density at radius 2 is 1.74 bits per heavy atom. The van der Waals surface area contributed by atoms with Crippen molar-refractivity contribution in [1.29, 1.82) is 0 Å². The summed E-state index contributed by atoms with van der Waals surface area (Å²) in [6, 6.07) is 5.96. The van der Waals surface area contributed by atoms with Gasteiger partial charge in [-0.05, 0) is 52.0 Å². The van der Waals surface area contributed by atoms with Gasteiger partial charge in [0.05, 0.1) is 17.1 Å². The second-order valence-electron chi connectivity index (χ2n) is 7.68. The molecular formula is C19H31N3O4S. The van der Waals surface area contributed by atoms with E-state index >= 15 is 0 Å². The number of ether oxygens (including phenoxy) is 1. The van der Waals surface area contributed by atoms with Gasteiger partial charge >= 0.3 is 0 Å². The van der Waals surface area contributed by atoms with E-state index in [0.717, 1.165) is 13.1 Å². The summed E-state index contributed by atoms with van der Waals surface area (Å²) in [5.74, 6) is -0.218. The first kappa shape index (κ1) is 21.8. The second-order valence-corrected chi connectivity index (χ2v) is 9.45. The number of hydrogen-bond donors (Lipinski definition) is 2. The van der Waals surface area contributed by atoms with Gasteiger partial charge in [-0.1, -0.05) is 6.92 Å². The molecule has 0 spiro atoms. The smallest absolute Gasteiger partial charge is 0.251 e. The first-order valence-corrected chi connectivity index (χ1v) is 10.8. The standard InChI is InChI=1S/C19H31N3O4S/c1-6-21-27(24,25)17-9-7-16(8-10-17)18(23)20-13-19(4,5)22-11-14(2)26-15(3)12-22/h7-10,14-15,21H,6,11-13H2,1-5H3,(H,20,23)/t14-,15+. The van der Waals surface area contributed by atoms with Crippen LogP contribution in [0.15, 0.2) is 29.2 Å². The van der Waals surface area contributed by atoms with Gasteiger partial charge in [-0.2, -0.15) is 0 Å². The summed E-state index contributed by atoms with van der Waals surface area (Å²) in [7, 11) is -3.51. The highest BCUT2D eigenvalue weighted by molar-refractivity contribution is 7.89. The van der Waals surface area contributed by atoms with Gasteiger partial charge in [0.1, 0.15) is 0 Å². The van der Waals surface area contributed by atoms with Gasteiger partial charge in [0.2, 0.25) is 10.0 Å². The molecule has 2 N–H and O–H groups in total. The minimum Gasteiger partial charge on any atom is -0.373 e. The summed E-state index contributed by atoms with van der Waals surface area (Å²) < 4.78 is 32.2. The minimum absolute atomic E-state index is 0.150. The van der Waals surface area contributed by atoms with Crippen molar-refractivity contribution in [3.8, 4) is 0 Å². The largest absolute Gasteiger partial charge is 0.373 e. The highest BCUT2D eigenvalue weighted by Crippen LogP contribution is 2.21. The van der Waals surface area contributed by atoms with E-state index in [1.54, 1.807) is 6.92 Å². The monoisotopic (exact) mass is 397 g/mol. The number of nitrogens with zero attached hydrogens (tertiary/aromatic N) is 1. The number of morpholine rings is 1. The fourth-order valence-corrected chi connectivity index (χ4v) is 4.28. The fourth-order valence-electron chi connectivity index (χ4n) is 3.24. The zero-order valence-electron chi connectivity index (χ0n) is 16.8. The van der Waals surface area contributed by atoms with Crippen molar-refractivity contribution in [3.05, 3.63) is 29.8 Å². The molecular weight excluding hydrogens is 366 g/mol. The van der Waals surface area contributed by atoms with E-state index in [-0.39, 0.29) is 28.5 Å². The van der Waals surface area contributed by atoms with Crippen molar-refractivity contribution in [2.45, 2.75) is 57.3 Å². The van der Waals surface area contributed by atoms with Crippen LogP contribution in [0.1, 0.15) is 45.0 Å². The van der Waals surface area contributed by atoms with Gasteiger partial charge in [-0.3, -0.25) is 9.69 Å². The zero-order chi connectivity index (χ0) is 20.2. The maximum absolute atomic E-state index is 12.5. The Bertz CT molecular complexity index is 737. The zero-order valence-corrected chi connectivity index (χ0v) is 17.6. The molecule has 7 nitrogen and oxygen atoms in total. The maximum Gasteiger partial charge on any atom is 0.251 e. The van der Waals surface area contributed by atoms with Gasteiger partial charge < -0.3 is 10.1 Å². The van der Waals surface area contributed by atoms with Gasteiger partial charge in [0, 0.05) is 37.3 Å². The fraction of sp³-hybridized carbons (Fsp3) is 0.632. The molecule has 0 saturated carbocycles. The van der Waals surface area contributed by atoms with Crippen molar-refractivity contribution in [2.75, 3.05) is 26.2 Å². The summed E-state index contributed by atoms with van der Waals surface area (Å²) in [5.41, 5.74) is 0.223. The quantitative estimate of drug-likeness (QED) is 0.730. The third-order valence-electron chi connectivity index (χ3n) is 4.72. The molecule has 0 radical (unpaired) electrons. The number of benzene rings is 1. The molecule has 0 aliphatic carbocycles. The molecule has 152 valence electrons. The lowest BCUT2D eigenvalue weighted by Crippen LogP contribution is -2.58. The Balaban J connectivity index is 1.98. The highest BCUT2D eigenvalue weighted by atomic mass is 32.2. The number of sulfonamides is 1. The third-order valence-corrected chi connectivity index (χ3v) is 6.28. The second kappa shape index (κ2) is 8.68. The SMILES string of the molecule is CCNS(=O)(=O)c1ccc(C(=O)NCC(C)(C)N2C[C@@H](C)O[C@@H](C)C2)cc1. The average molecular weight is 398 g/mol. The van der Waals surface area contributed by atoms with Crippen LogP contribution in [0.3, 0.4) is 0 Å². The number of carbonyl (C=O) groups is 1. The molecule has 0 aromatic heterocycles. The van der Waals surface area contributed by atoms with E-state index in [1.807, 2.05) is 0 Å². The molecule has 8 heteroatoms. The van der Waals surface area contributed by atoms with Gasteiger partial charge in [0.15, 0.2) is 0 Å². The van der Waals surface area contributed by atoms with Gasteiger partial charge in [-0.25, -0.2) is 13.1 Å². The first-order chi connectivity index (χ1) is 12.5. The van der Waals surface area contributed by atoms with Crippen LogP contribution in [0.25, 0.3) is 0 Å². The highest BCUT2D eigenvalue weighted by Gasteiger charge is 2.33. The predicted octanol–water partition coefficient (Wildman–Crippen LogP) is 1.60. The average Bonchev–Trinajstić information content (AvgIpc) is 2.59. The predicted molar refractivity (Wildman–Crippen MR) is 105 cm³/mol. The van der Waals surface area contributed by atoms with Crippen LogP contribution in [0.5, 0.6) is 0 Å². The maximum atomic E-state index is 12.5. The summed E-state index contributed by atoms with van der Waals surface area (Å²) in [6.45, 7) is 12.5. The summed E-state index contributed by atoms with van der Waals surface area (Å²) in [6.07, 6.45) is 0.324. The van der Waals surface area contributed by atoms with Gasteiger partial charge in [-0.15, -0.1) is 0 Å². The Hall–Kier alpha value is -1.48. The molecule has 2 rings (SSSR count). The molecule has 1 saturated heterocycles. The number of nitrogens with one attached hydrogen (secondary N) is 2. The van der Waals surface area contributed by atoms with Gasteiger partial charge in [0.25, 0.3) is 5.91 Å². The van der Waals surface area contributed by atoms with Crippen molar-refractivity contribution < 1.29 is 17.9 Å². The van der Waals surface area contributed by atoms with E-state index in [4.69, 9.17) is 4.74 Å². The Morgan fingerprint density at radius 3 is 2.26 bits per heavy atom. The molecule has 1 aromatic rings. The Kier molecular flexibility index (Phi) is 7.02. The third kappa shape index (κ3) is 5.75. The van der Waals surface area contributed by atoms with Crippen LogP contribution in [0.2, 0.25) is 0 Å². The lowest BCUT2D eigenvalue weighted by molar-refractivity contribution is -0.0948. The van der Waals surface area contributed by atoms with Crippen molar-refractivity contribution in [3.63, 3.8) is 0 Å². The molecule has 0 unspecified atom stereocenters. The van der Waals surface area contributed by atoms with Crippen LogP contribution < -0.4 is 10.0 Å². The molecule has 1 aliphatic rings. The van der Waals surface area contributed by atoms with E-state index in [0.29, 0.717) is 18.7 Å². The number of carbonyl (C=O) groups excluding carboxylic acids is 1. The normalized spacial score (nSPS) is 21.8. The van der Waals surface area contributed by atoms with Crippen LogP contribution in [0, 0.1) is 0 Å². The Labute approximate surface area is 162 Å². The summed E-state index contributed by atoms with van der Waals surface area (Å²) in [5, 5.41) is 2.96. The van der Waals surface area contributed by atoms with Crippen LogP contribution in [0.4, 0.5) is 0 Å². The lowest BCUT2D eigenvalue weighted by atomic mass is 10.00. The molecule has 2 atom stereocenters. The molecule has 1 aliphatic heterocycles. The number of hydrogen-bond acceptors (Lipinski definition) is 5. The minimum atomic E-state index is -3.51. The molecule has 1 fully saturated rings. The van der Waals surface area contributed by atoms with E-state index in [2.05, 4.69) is 42.6 Å². The van der Waals surface area contributed by atoms with Crippen LogP contribution >= 0.6 is 0 Å². The van der Waals surface area contributed by atoms with Crippen LogP contribution in [-0.4, -0.2) is 63.2 Å². The molecule has 1 heterocycles. The molecule has 27 heavy (non-hydrogen) atoms. The topological polar surface area (TPSA) is 87.7 Å². The number of rotatable bonds is 7. The number of amides is 1. The lowest BCUT2D eigenvalue weighted by Gasteiger charge is -2.45.